The SMILES string of the molecule is Fc1ccc(-c2csc(CNC3CCCOC3)n2)cc1. The van der Waals surface area contributed by atoms with Crippen molar-refractivity contribution >= 4 is 11.3 Å². The van der Waals surface area contributed by atoms with Gasteiger partial charge in [-0.3, -0.25) is 0 Å². The molecule has 1 aliphatic rings. The first-order valence-corrected chi connectivity index (χ1v) is 7.71. The fourth-order valence-corrected chi connectivity index (χ4v) is 3.03. The van der Waals surface area contributed by atoms with E-state index in [2.05, 4.69) is 10.3 Å². The number of benzene rings is 1. The predicted octanol–water partition coefficient (Wildman–Crippen LogP) is 3.22. The molecule has 1 unspecified atom stereocenters. The zero-order chi connectivity index (χ0) is 13.8. The third kappa shape index (κ3) is 3.42. The van der Waals surface area contributed by atoms with Crippen LogP contribution in [0.15, 0.2) is 29.6 Å². The van der Waals surface area contributed by atoms with E-state index in [-0.39, 0.29) is 5.82 Å². The lowest BCUT2D eigenvalue weighted by atomic mass is 10.1. The third-order valence-corrected chi connectivity index (χ3v) is 4.24. The first-order valence-electron chi connectivity index (χ1n) is 6.83. The Morgan fingerprint density at radius 1 is 1.35 bits per heavy atom. The van der Waals surface area contributed by atoms with Crippen LogP contribution in [0.25, 0.3) is 11.3 Å². The van der Waals surface area contributed by atoms with Crippen molar-refractivity contribution in [2.24, 2.45) is 0 Å². The third-order valence-electron chi connectivity index (χ3n) is 3.39. The molecule has 1 saturated heterocycles. The Kier molecular flexibility index (Phi) is 4.40. The van der Waals surface area contributed by atoms with Crippen molar-refractivity contribution < 1.29 is 9.13 Å². The fourth-order valence-electron chi connectivity index (χ4n) is 2.28. The highest BCUT2D eigenvalue weighted by Crippen LogP contribution is 2.22. The summed E-state index contributed by atoms with van der Waals surface area (Å²) in [5, 5.41) is 6.54. The number of halogens is 1. The highest BCUT2D eigenvalue weighted by atomic mass is 32.1. The summed E-state index contributed by atoms with van der Waals surface area (Å²) in [6, 6.07) is 6.88. The lowest BCUT2D eigenvalue weighted by molar-refractivity contribution is 0.0699. The second-order valence-electron chi connectivity index (χ2n) is 4.93. The van der Waals surface area contributed by atoms with Crippen molar-refractivity contribution in [2.75, 3.05) is 13.2 Å². The Morgan fingerprint density at radius 2 is 2.20 bits per heavy atom. The molecular weight excluding hydrogens is 275 g/mol. The predicted molar refractivity (Wildman–Crippen MR) is 78.2 cm³/mol. The van der Waals surface area contributed by atoms with Crippen LogP contribution >= 0.6 is 11.3 Å². The fraction of sp³-hybridized carbons (Fsp3) is 0.400. The number of hydrogen-bond acceptors (Lipinski definition) is 4. The molecule has 1 N–H and O–H groups in total. The molecule has 0 saturated carbocycles. The second-order valence-corrected chi connectivity index (χ2v) is 5.87. The Labute approximate surface area is 121 Å². The number of ether oxygens (including phenoxy) is 1. The van der Waals surface area contributed by atoms with Crippen LogP contribution in [0.2, 0.25) is 0 Å². The average molecular weight is 292 g/mol. The number of thiazole rings is 1. The molecule has 0 amide bonds. The molecule has 1 aromatic carbocycles. The zero-order valence-electron chi connectivity index (χ0n) is 11.1. The Bertz CT molecular complexity index is 549. The van der Waals surface area contributed by atoms with Crippen molar-refractivity contribution in [1.82, 2.24) is 10.3 Å². The topological polar surface area (TPSA) is 34.1 Å². The summed E-state index contributed by atoms with van der Waals surface area (Å²) in [5.41, 5.74) is 1.86. The van der Waals surface area contributed by atoms with Gasteiger partial charge in [-0.2, -0.15) is 0 Å². The number of nitrogens with zero attached hydrogens (tertiary/aromatic N) is 1. The molecule has 3 rings (SSSR count). The van der Waals surface area contributed by atoms with Gasteiger partial charge in [0.05, 0.1) is 12.3 Å². The lowest BCUT2D eigenvalue weighted by Gasteiger charge is -2.22. The molecule has 1 fully saturated rings. The standard InChI is InChI=1S/C15H17FN2OS/c16-12-5-3-11(4-6-12)14-10-20-15(18-14)8-17-13-2-1-7-19-9-13/h3-6,10,13,17H,1-2,7-9H2. The molecule has 0 radical (unpaired) electrons. The Hall–Kier alpha value is -1.30. The zero-order valence-corrected chi connectivity index (χ0v) is 12.0. The van der Waals surface area contributed by atoms with Gasteiger partial charge in [0.2, 0.25) is 0 Å². The van der Waals surface area contributed by atoms with Gasteiger partial charge < -0.3 is 10.1 Å². The van der Waals surface area contributed by atoms with E-state index in [0.29, 0.717) is 6.04 Å². The van der Waals surface area contributed by atoms with Gasteiger partial charge in [0.15, 0.2) is 0 Å². The highest BCUT2D eigenvalue weighted by molar-refractivity contribution is 7.09. The van der Waals surface area contributed by atoms with Crippen LogP contribution in [-0.4, -0.2) is 24.2 Å². The summed E-state index contributed by atoms with van der Waals surface area (Å²) < 4.78 is 18.3. The quantitative estimate of drug-likeness (QED) is 0.939. The minimum Gasteiger partial charge on any atom is -0.380 e. The highest BCUT2D eigenvalue weighted by Gasteiger charge is 2.13. The number of hydrogen-bond donors (Lipinski definition) is 1. The number of rotatable bonds is 4. The summed E-state index contributed by atoms with van der Waals surface area (Å²) in [5.74, 6) is -0.219. The van der Waals surface area contributed by atoms with E-state index in [1.165, 1.54) is 12.1 Å². The van der Waals surface area contributed by atoms with E-state index >= 15 is 0 Å². The van der Waals surface area contributed by atoms with Gasteiger partial charge >= 0.3 is 0 Å². The minimum absolute atomic E-state index is 0.219. The van der Waals surface area contributed by atoms with Crippen LogP contribution in [0.3, 0.4) is 0 Å². The minimum atomic E-state index is -0.219. The van der Waals surface area contributed by atoms with Crippen LogP contribution in [0.4, 0.5) is 4.39 Å². The van der Waals surface area contributed by atoms with Gasteiger partial charge in [0, 0.05) is 30.1 Å². The Morgan fingerprint density at radius 3 is 2.95 bits per heavy atom. The number of nitrogens with one attached hydrogen (secondary N) is 1. The van der Waals surface area contributed by atoms with Gasteiger partial charge in [-0.25, -0.2) is 9.37 Å². The summed E-state index contributed by atoms with van der Waals surface area (Å²) in [7, 11) is 0. The van der Waals surface area contributed by atoms with Crippen molar-refractivity contribution in [2.45, 2.75) is 25.4 Å². The van der Waals surface area contributed by atoms with Crippen LogP contribution in [0, 0.1) is 5.82 Å². The maximum Gasteiger partial charge on any atom is 0.123 e. The normalized spacial score (nSPS) is 19.1. The molecule has 1 aliphatic heterocycles. The molecular formula is C15H17FN2OS. The maximum absolute atomic E-state index is 12.9. The van der Waals surface area contributed by atoms with Crippen molar-refractivity contribution in [3.8, 4) is 11.3 Å². The molecule has 0 spiro atoms. The van der Waals surface area contributed by atoms with Gasteiger partial charge in [-0.1, -0.05) is 0 Å². The van der Waals surface area contributed by atoms with Crippen LogP contribution in [0.5, 0.6) is 0 Å². The monoisotopic (exact) mass is 292 g/mol. The van der Waals surface area contributed by atoms with E-state index < -0.39 is 0 Å². The van der Waals surface area contributed by atoms with Crippen molar-refractivity contribution in [3.63, 3.8) is 0 Å². The Balaban J connectivity index is 1.60. The molecule has 106 valence electrons. The van der Waals surface area contributed by atoms with Crippen molar-refractivity contribution in [1.29, 1.82) is 0 Å². The van der Waals surface area contributed by atoms with Gasteiger partial charge in [0.1, 0.15) is 10.8 Å². The van der Waals surface area contributed by atoms with Crippen molar-refractivity contribution in [3.05, 3.63) is 40.5 Å². The smallest absolute Gasteiger partial charge is 0.123 e. The van der Waals surface area contributed by atoms with Gasteiger partial charge in [0.25, 0.3) is 0 Å². The molecule has 5 heteroatoms. The first-order chi connectivity index (χ1) is 9.81. The first kappa shape index (κ1) is 13.7. The molecule has 2 heterocycles. The van der Waals surface area contributed by atoms with E-state index in [9.17, 15) is 4.39 Å². The molecule has 3 nitrogen and oxygen atoms in total. The van der Waals surface area contributed by atoms with Gasteiger partial charge in [-0.15, -0.1) is 11.3 Å². The second kappa shape index (κ2) is 6.43. The maximum atomic E-state index is 12.9. The molecule has 0 bridgehead atoms. The van der Waals surface area contributed by atoms with E-state index in [1.807, 2.05) is 5.38 Å². The van der Waals surface area contributed by atoms with E-state index in [4.69, 9.17) is 4.74 Å². The molecule has 20 heavy (non-hydrogen) atoms. The average Bonchev–Trinajstić information content (AvgIpc) is 2.96. The van der Waals surface area contributed by atoms with Gasteiger partial charge in [-0.05, 0) is 37.1 Å². The molecule has 1 atom stereocenters. The number of aromatic nitrogens is 1. The van der Waals surface area contributed by atoms with Crippen LogP contribution < -0.4 is 5.32 Å². The summed E-state index contributed by atoms with van der Waals surface area (Å²) in [6.07, 6.45) is 2.28. The largest absolute Gasteiger partial charge is 0.380 e. The van der Waals surface area contributed by atoms with E-state index in [0.717, 1.165) is 48.9 Å². The lowest BCUT2D eigenvalue weighted by Crippen LogP contribution is -2.36. The van der Waals surface area contributed by atoms with E-state index in [1.54, 1.807) is 23.5 Å². The van der Waals surface area contributed by atoms with Crippen LogP contribution in [0.1, 0.15) is 17.8 Å². The summed E-state index contributed by atoms with van der Waals surface area (Å²) in [4.78, 5) is 4.59. The molecule has 0 aliphatic carbocycles. The van der Waals surface area contributed by atoms with Crippen LogP contribution in [-0.2, 0) is 11.3 Å². The molecule has 1 aromatic heterocycles. The summed E-state index contributed by atoms with van der Waals surface area (Å²) in [6.45, 7) is 2.43. The molecule has 2 aromatic rings. The summed E-state index contributed by atoms with van der Waals surface area (Å²) >= 11 is 1.63.